The number of fused-ring (bicyclic) bond motifs is 1. The third kappa shape index (κ3) is 3.19. The van der Waals surface area contributed by atoms with E-state index in [1.54, 1.807) is 29.1 Å². The zero-order valence-corrected chi connectivity index (χ0v) is 12.9. The predicted molar refractivity (Wildman–Crippen MR) is 83.4 cm³/mol. The highest BCUT2D eigenvalue weighted by Crippen LogP contribution is 2.14. The summed E-state index contributed by atoms with van der Waals surface area (Å²) in [7, 11) is 4.08. The highest BCUT2D eigenvalue weighted by Gasteiger charge is 2.13. The largest absolute Gasteiger partial charge is 0.305 e. The lowest BCUT2D eigenvalue weighted by Gasteiger charge is -2.24. The van der Waals surface area contributed by atoms with Gasteiger partial charge in [0.1, 0.15) is 0 Å². The molecule has 0 unspecified atom stereocenters. The molecule has 0 aliphatic heterocycles. The van der Waals surface area contributed by atoms with Crippen LogP contribution in [0.4, 0.5) is 0 Å². The first-order valence-corrected chi connectivity index (χ1v) is 7.22. The lowest BCUT2D eigenvalue weighted by Crippen LogP contribution is -2.35. The van der Waals surface area contributed by atoms with Crippen LogP contribution in [0.3, 0.4) is 0 Å². The molecule has 1 atom stereocenters. The third-order valence-corrected chi connectivity index (χ3v) is 3.78. The van der Waals surface area contributed by atoms with Gasteiger partial charge in [-0.3, -0.25) is 9.36 Å². The Labute approximate surface area is 124 Å². The van der Waals surface area contributed by atoms with Gasteiger partial charge in [-0.05, 0) is 38.7 Å². The van der Waals surface area contributed by atoms with Crippen molar-refractivity contribution in [1.82, 2.24) is 14.5 Å². The minimum Gasteiger partial charge on any atom is -0.305 e. The summed E-state index contributed by atoms with van der Waals surface area (Å²) in [5.41, 5.74) is 0.644. The fourth-order valence-electron chi connectivity index (χ4n) is 2.33. The van der Waals surface area contributed by atoms with Crippen molar-refractivity contribution < 1.29 is 0 Å². The van der Waals surface area contributed by atoms with Crippen LogP contribution in [0.1, 0.15) is 19.8 Å². The van der Waals surface area contributed by atoms with Gasteiger partial charge in [-0.2, -0.15) is 0 Å². The molecule has 0 fully saturated rings. The molecule has 4 nitrogen and oxygen atoms in total. The summed E-state index contributed by atoms with van der Waals surface area (Å²) in [6.45, 7) is 2.81. The first-order valence-electron chi connectivity index (χ1n) is 6.84. The Hall–Kier alpha value is -1.39. The first kappa shape index (κ1) is 15.0. The molecule has 20 heavy (non-hydrogen) atoms. The van der Waals surface area contributed by atoms with Crippen LogP contribution in [0.25, 0.3) is 10.9 Å². The summed E-state index contributed by atoms with van der Waals surface area (Å²) in [4.78, 5) is 19.0. The number of rotatable bonds is 5. The van der Waals surface area contributed by atoms with Crippen LogP contribution in [-0.4, -0.2) is 34.6 Å². The number of likely N-dealkylation sites (N-methyl/N-ethyl adjacent to an activating group) is 1. The topological polar surface area (TPSA) is 38.1 Å². The van der Waals surface area contributed by atoms with E-state index in [9.17, 15) is 4.79 Å². The fraction of sp³-hybridized carbons (Fsp3) is 0.467. The van der Waals surface area contributed by atoms with Crippen molar-refractivity contribution in [3.63, 3.8) is 0 Å². The van der Waals surface area contributed by atoms with Gasteiger partial charge in [-0.1, -0.05) is 24.9 Å². The van der Waals surface area contributed by atoms with Gasteiger partial charge >= 0.3 is 0 Å². The molecule has 108 valence electrons. The molecule has 0 bridgehead atoms. The highest BCUT2D eigenvalue weighted by molar-refractivity contribution is 6.31. The maximum absolute atomic E-state index is 12.5. The van der Waals surface area contributed by atoms with Crippen molar-refractivity contribution >= 4 is 22.5 Å². The smallest absolute Gasteiger partial charge is 0.261 e. The molecule has 0 aliphatic rings. The van der Waals surface area contributed by atoms with Crippen molar-refractivity contribution in [3.05, 3.63) is 39.9 Å². The third-order valence-electron chi connectivity index (χ3n) is 3.55. The molecule has 0 saturated carbocycles. The molecule has 2 aromatic rings. The molecule has 1 aromatic carbocycles. The van der Waals surface area contributed by atoms with E-state index in [0.29, 0.717) is 28.5 Å². The maximum atomic E-state index is 12.5. The summed E-state index contributed by atoms with van der Waals surface area (Å²) < 4.78 is 1.69. The Morgan fingerprint density at radius 1 is 1.40 bits per heavy atom. The molecule has 1 heterocycles. The van der Waals surface area contributed by atoms with Crippen LogP contribution in [-0.2, 0) is 6.54 Å². The molecule has 0 aliphatic carbocycles. The van der Waals surface area contributed by atoms with Gasteiger partial charge < -0.3 is 4.90 Å². The number of aromatic nitrogens is 2. The van der Waals surface area contributed by atoms with E-state index >= 15 is 0 Å². The lowest BCUT2D eigenvalue weighted by molar-refractivity contribution is 0.246. The van der Waals surface area contributed by atoms with Gasteiger partial charge in [-0.15, -0.1) is 0 Å². The average molecular weight is 294 g/mol. The van der Waals surface area contributed by atoms with Crippen LogP contribution in [0, 0.1) is 0 Å². The normalized spacial score (nSPS) is 13.1. The molecule has 0 spiro atoms. The Morgan fingerprint density at radius 3 is 2.80 bits per heavy atom. The number of hydrogen-bond donors (Lipinski definition) is 0. The van der Waals surface area contributed by atoms with Gasteiger partial charge in [0.15, 0.2) is 0 Å². The van der Waals surface area contributed by atoms with Crippen molar-refractivity contribution in [1.29, 1.82) is 0 Å². The van der Waals surface area contributed by atoms with Crippen molar-refractivity contribution in [2.45, 2.75) is 32.4 Å². The Bertz CT molecular complexity index is 651. The van der Waals surface area contributed by atoms with Crippen LogP contribution in [0.15, 0.2) is 29.3 Å². The molecule has 0 N–H and O–H groups in total. The quantitative estimate of drug-likeness (QED) is 0.851. The molecule has 2 rings (SSSR count). The standard InChI is InChI=1S/C15H20ClN3O/c1-4-5-12(18(2)3)9-19-10-17-14-8-11(16)6-7-13(14)15(19)20/h6-8,10,12H,4-5,9H2,1-3H3/t12-/m1/s1. The van der Waals surface area contributed by atoms with Crippen molar-refractivity contribution in [2.75, 3.05) is 14.1 Å². The number of hydrogen-bond acceptors (Lipinski definition) is 3. The van der Waals surface area contributed by atoms with Crippen LogP contribution in [0.5, 0.6) is 0 Å². The SMILES string of the molecule is CCC[C@H](Cn1cnc2cc(Cl)ccc2c1=O)N(C)C. The Morgan fingerprint density at radius 2 is 2.15 bits per heavy atom. The van der Waals surface area contributed by atoms with Crippen molar-refractivity contribution in [2.24, 2.45) is 0 Å². The van der Waals surface area contributed by atoms with E-state index in [-0.39, 0.29) is 5.56 Å². The number of nitrogens with zero attached hydrogens (tertiary/aromatic N) is 3. The van der Waals surface area contributed by atoms with E-state index in [1.807, 2.05) is 14.1 Å². The van der Waals surface area contributed by atoms with Gasteiger partial charge in [0.25, 0.3) is 5.56 Å². The zero-order chi connectivity index (χ0) is 14.7. The molecule has 0 saturated heterocycles. The summed E-state index contributed by atoms with van der Waals surface area (Å²) in [6.07, 6.45) is 3.76. The van der Waals surface area contributed by atoms with Gasteiger partial charge in [0.2, 0.25) is 0 Å². The van der Waals surface area contributed by atoms with Crippen LogP contribution in [0.2, 0.25) is 5.02 Å². The Balaban J connectivity index is 2.38. The summed E-state index contributed by atoms with van der Waals surface area (Å²) >= 11 is 5.92. The fourth-order valence-corrected chi connectivity index (χ4v) is 2.50. The lowest BCUT2D eigenvalue weighted by atomic mass is 10.1. The van der Waals surface area contributed by atoms with Crippen LogP contribution < -0.4 is 5.56 Å². The minimum atomic E-state index is -0.00498. The monoisotopic (exact) mass is 293 g/mol. The van der Waals surface area contributed by atoms with E-state index in [0.717, 1.165) is 12.8 Å². The predicted octanol–water partition coefficient (Wildman–Crippen LogP) is 2.78. The van der Waals surface area contributed by atoms with Gasteiger partial charge in [0.05, 0.1) is 17.2 Å². The second kappa shape index (κ2) is 6.37. The highest BCUT2D eigenvalue weighted by atomic mass is 35.5. The molecular formula is C15H20ClN3O. The van der Waals surface area contributed by atoms with E-state index in [1.165, 1.54) is 0 Å². The molecule has 0 radical (unpaired) electrons. The molecular weight excluding hydrogens is 274 g/mol. The maximum Gasteiger partial charge on any atom is 0.261 e. The number of halogens is 1. The summed E-state index contributed by atoms with van der Waals surface area (Å²) in [5, 5.41) is 1.21. The summed E-state index contributed by atoms with van der Waals surface area (Å²) in [6, 6.07) is 5.53. The second-order valence-electron chi connectivity index (χ2n) is 5.27. The average Bonchev–Trinajstić information content (AvgIpc) is 2.40. The molecule has 1 aromatic heterocycles. The van der Waals surface area contributed by atoms with Crippen LogP contribution >= 0.6 is 11.6 Å². The number of benzene rings is 1. The molecule has 0 amide bonds. The van der Waals surface area contributed by atoms with Crippen molar-refractivity contribution in [3.8, 4) is 0 Å². The minimum absolute atomic E-state index is 0.00498. The zero-order valence-electron chi connectivity index (χ0n) is 12.1. The Kier molecular flexibility index (Phi) is 4.78. The molecule has 5 heteroatoms. The van der Waals surface area contributed by atoms with E-state index < -0.39 is 0 Å². The van der Waals surface area contributed by atoms with Gasteiger partial charge in [-0.25, -0.2) is 4.98 Å². The summed E-state index contributed by atoms with van der Waals surface area (Å²) in [5.74, 6) is 0. The van der Waals surface area contributed by atoms with E-state index in [2.05, 4.69) is 16.8 Å². The first-order chi connectivity index (χ1) is 9.52. The van der Waals surface area contributed by atoms with Gasteiger partial charge in [0, 0.05) is 17.6 Å². The second-order valence-corrected chi connectivity index (χ2v) is 5.71. The van der Waals surface area contributed by atoms with E-state index in [4.69, 9.17) is 11.6 Å².